The molecule has 1 fully saturated rings. The van der Waals surface area contributed by atoms with Crippen molar-refractivity contribution in [3.63, 3.8) is 0 Å². The van der Waals surface area contributed by atoms with Gasteiger partial charge in [0, 0.05) is 0 Å². The molecule has 1 aliphatic rings. The monoisotopic (exact) mass is 300 g/mol. The van der Waals surface area contributed by atoms with Gasteiger partial charge < -0.3 is 5.11 Å². The zero-order chi connectivity index (χ0) is 12.3. The fourth-order valence-electron chi connectivity index (χ4n) is 2.59. The van der Waals surface area contributed by atoms with Gasteiger partial charge in [-0.1, -0.05) is 18.9 Å². The van der Waals surface area contributed by atoms with Gasteiger partial charge in [-0.05, 0) is 65.2 Å². The van der Waals surface area contributed by atoms with Crippen molar-refractivity contribution < 1.29 is 9.50 Å². The molecule has 0 saturated heterocycles. The fraction of sp³-hybridized carbons (Fsp3) is 0.571. The van der Waals surface area contributed by atoms with Gasteiger partial charge in [-0.2, -0.15) is 0 Å². The van der Waals surface area contributed by atoms with Crippen molar-refractivity contribution in [3.8, 4) is 0 Å². The Kier molecular flexibility index (Phi) is 4.57. The molecule has 94 valence electrons. The molecular weight excluding hydrogens is 283 g/mol. The summed E-state index contributed by atoms with van der Waals surface area (Å²) in [6, 6.07) is 5.07. The number of rotatable bonds is 4. The molecule has 1 atom stereocenters. The number of hydrogen-bond acceptors (Lipinski definition) is 1. The molecule has 17 heavy (non-hydrogen) atoms. The first-order chi connectivity index (χ1) is 8.16. The van der Waals surface area contributed by atoms with Crippen molar-refractivity contribution in [3.05, 3.63) is 34.1 Å². The maximum atomic E-state index is 13.0. The second-order valence-corrected chi connectivity index (χ2v) is 5.75. The fourth-order valence-corrected chi connectivity index (χ4v) is 3.01. The molecule has 1 unspecified atom stereocenters. The molecule has 1 aromatic carbocycles. The summed E-state index contributed by atoms with van der Waals surface area (Å²) in [6.45, 7) is 0. The lowest BCUT2D eigenvalue weighted by Gasteiger charge is -2.17. The highest BCUT2D eigenvalue weighted by molar-refractivity contribution is 9.10. The van der Waals surface area contributed by atoms with Crippen molar-refractivity contribution >= 4 is 15.9 Å². The van der Waals surface area contributed by atoms with E-state index in [2.05, 4.69) is 15.9 Å². The predicted octanol–water partition coefficient (Wildman–Crippen LogP) is 4.07. The normalized spacial score (nSPS) is 18.5. The minimum atomic E-state index is -0.231. The summed E-state index contributed by atoms with van der Waals surface area (Å²) >= 11 is 3.18. The molecule has 0 heterocycles. The van der Waals surface area contributed by atoms with Gasteiger partial charge in [-0.3, -0.25) is 0 Å². The lowest BCUT2D eigenvalue weighted by atomic mass is 9.95. The molecule has 0 bridgehead atoms. The van der Waals surface area contributed by atoms with Crippen molar-refractivity contribution in [2.75, 3.05) is 0 Å². The maximum Gasteiger partial charge on any atom is 0.137 e. The molecule has 0 amide bonds. The van der Waals surface area contributed by atoms with Gasteiger partial charge >= 0.3 is 0 Å². The Bertz CT molecular complexity index is 374. The molecule has 1 saturated carbocycles. The number of aliphatic hydroxyl groups is 1. The van der Waals surface area contributed by atoms with E-state index in [0.717, 1.165) is 31.2 Å². The molecule has 1 nitrogen and oxygen atoms in total. The molecule has 1 aromatic rings. The molecule has 3 heteroatoms. The number of aliphatic hydroxyl groups excluding tert-OH is 1. The van der Waals surface area contributed by atoms with Crippen LogP contribution in [0.15, 0.2) is 22.7 Å². The highest BCUT2D eigenvalue weighted by Gasteiger charge is 2.22. The van der Waals surface area contributed by atoms with Crippen LogP contribution in [0.4, 0.5) is 4.39 Å². The first kappa shape index (κ1) is 13.0. The van der Waals surface area contributed by atoms with Crippen LogP contribution in [-0.4, -0.2) is 11.2 Å². The van der Waals surface area contributed by atoms with E-state index in [1.165, 1.54) is 18.9 Å². The van der Waals surface area contributed by atoms with E-state index in [4.69, 9.17) is 0 Å². The van der Waals surface area contributed by atoms with Gasteiger partial charge in [0.2, 0.25) is 0 Å². The van der Waals surface area contributed by atoms with Crippen molar-refractivity contribution in [1.29, 1.82) is 0 Å². The summed E-state index contributed by atoms with van der Waals surface area (Å²) in [5.41, 5.74) is 1.08. The number of benzene rings is 1. The first-order valence-electron chi connectivity index (χ1n) is 6.29. The number of halogens is 2. The summed E-state index contributed by atoms with van der Waals surface area (Å²) in [5, 5.41) is 10.0. The lowest BCUT2D eigenvalue weighted by Crippen LogP contribution is -2.18. The minimum absolute atomic E-state index is 0.193. The molecular formula is C14H18BrFO. The summed E-state index contributed by atoms with van der Waals surface area (Å²) in [4.78, 5) is 0. The Balaban J connectivity index is 1.86. The van der Waals surface area contributed by atoms with E-state index >= 15 is 0 Å². The van der Waals surface area contributed by atoms with Crippen molar-refractivity contribution in [2.45, 2.75) is 44.6 Å². The largest absolute Gasteiger partial charge is 0.393 e. The molecule has 1 N–H and O–H groups in total. The Morgan fingerprint density at radius 2 is 2.06 bits per heavy atom. The van der Waals surface area contributed by atoms with Gasteiger partial charge in [0.15, 0.2) is 0 Å². The minimum Gasteiger partial charge on any atom is -0.393 e. The Morgan fingerprint density at radius 3 is 2.71 bits per heavy atom. The van der Waals surface area contributed by atoms with Crippen molar-refractivity contribution in [1.82, 2.24) is 0 Å². The van der Waals surface area contributed by atoms with Crippen LogP contribution in [0.25, 0.3) is 0 Å². The average molecular weight is 301 g/mol. The molecule has 0 aromatic heterocycles. The summed E-state index contributed by atoms with van der Waals surface area (Å²) < 4.78 is 13.6. The second-order valence-electron chi connectivity index (χ2n) is 4.90. The van der Waals surface area contributed by atoms with Gasteiger partial charge in [0.05, 0.1) is 10.6 Å². The zero-order valence-corrected chi connectivity index (χ0v) is 11.4. The summed E-state index contributed by atoms with van der Waals surface area (Å²) in [6.07, 6.45) is 6.23. The molecule has 0 radical (unpaired) electrons. The first-order valence-corrected chi connectivity index (χ1v) is 7.08. The average Bonchev–Trinajstić information content (AvgIpc) is 2.84. The topological polar surface area (TPSA) is 20.2 Å². The standard InChI is InChI=1S/C14H18BrFO/c15-12-9-10(5-7-13(12)16)6-8-14(17)11-3-1-2-4-11/h5,7,9,11,14,17H,1-4,6,8H2. The van der Waals surface area contributed by atoms with E-state index in [0.29, 0.717) is 10.4 Å². The summed E-state index contributed by atoms with van der Waals surface area (Å²) in [5.74, 6) is 0.254. The lowest BCUT2D eigenvalue weighted by molar-refractivity contribution is 0.102. The van der Waals surface area contributed by atoms with Gasteiger partial charge in [-0.15, -0.1) is 0 Å². The van der Waals surface area contributed by atoms with E-state index in [1.54, 1.807) is 12.1 Å². The van der Waals surface area contributed by atoms with Gasteiger partial charge in [0.25, 0.3) is 0 Å². The third-order valence-corrected chi connectivity index (χ3v) is 4.26. The molecule has 1 aliphatic carbocycles. The van der Waals surface area contributed by atoms with Crippen LogP contribution in [0.2, 0.25) is 0 Å². The van der Waals surface area contributed by atoms with Gasteiger partial charge in [0.1, 0.15) is 5.82 Å². The Labute approximate surface area is 110 Å². The number of aryl methyl sites for hydroxylation is 1. The van der Waals surface area contributed by atoms with Crippen LogP contribution < -0.4 is 0 Å². The molecule has 0 spiro atoms. The Hall–Kier alpha value is -0.410. The SMILES string of the molecule is OC(CCc1ccc(F)c(Br)c1)C1CCCC1. The van der Waals surface area contributed by atoms with E-state index < -0.39 is 0 Å². The highest BCUT2D eigenvalue weighted by Crippen LogP contribution is 2.29. The summed E-state index contributed by atoms with van der Waals surface area (Å²) in [7, 11) is 0. The van der Waals surface area contributed by atoms with Crippen LogP contribution in [0.3, 0.4) is 0 Å². The van der Waals surface area contributed by atoms with Crippen LogP contribution >= 0.6 is 15.9 Å². The van der Waals surface area contributed by atoms with Crippen LogP contribution in [0.1, 0.15) is 37.7 Å². The van der Waals surface area contributed by atoms with Gasteiger partial charge in [-0.25, -0.2) is 4.39 Å². The van der Waals surface area contributed by atoms with E-state index in [9.17, 15) is 9.50 Å². The van der Waals surface area contributed by atoms with E-state index in [1.807, 2.05) is 0 Å². The smallest absolute Gasteiger partial charge is 0.137 e. The number of hydrogen-bond donors (Lipinski definition) is 1. The molecule has 0 aliphatic heterocycles. The second kappa shape index (κ2) is 5.96. The Morgan fingerprint density at radius 1 is 1.35 bits per heavy atom. The van der Waals surface area contributed by atoms with Crippen LogP contribution in [0, 0.1) is 11.7 Å². The van der Waals surface area contributed by atoms with E-state index in [-0.39, 0.29) is 11.9 Å². The third-order valence-electron chi connectivity index (χ3n) is 3.66. The van der Waals surface area contributed by atoms with Crippen LogP contribution in [0.5, 0.6) is 0 Å². The van der Waals surface area contributed by atoms with Crippen molar-refractivity contribution in [2.24, 2.45) is 5.92 Å². The quantitative estimate of drug-likeness (QED) is 0.888. The van der Waals surface area contributed by atoms with Crippen LogP contribution in [-0.2, 0) is 6.42 Å². The maximum absolute atomic E-state index is 13.0. The highest BCUT2D eigenvalue weighted by atomic mass is 79.9. The zero-order valence-electron chi connectivity index (χ0n) is 9.83. The predicted molar refractivity (Wildman–Crippen MR) is 70.4 cm³/mol. The molecule has 2 rings (SSSR count). The third kappa shape index (κ3) is 3.52.